The van der Waals surface area contributed by atoms with E-state index in [4.69, 9.17) is 4.74 Å². The van der Waals surface area contributed by atoms with Gasteiger partial charge in [0.05, 0.1) is 5.60 Å². The summed E-state index contributed by atoms with van der Waals surface area (Å²) in [5.74, 6) is -0.123. The lowest BCUT2D eigenvalue weighted by Gasteiger charge is -2.19. The fraction of sp³-hybridized carbons (Fsp3) is 0.500. The number of nitrogens with one attached hydrogen (secondary N) is 1. The Morgan fingerprint density at radius 1 is 1.39 bits per heavy atom. The molecule has 0 spiro atoms. The molecule has 18 heavy (non-hydrogen) atoms. The molecule has 0 saturated heterocycles. The largest absolute Gasteiger partial charge is 0.366 e. The second kappa shape index (κ2) is 6.34. The average molecular weight is 314 g/mol. The van der Waals surface area contributed by atoms with Crippen molar-refractivity contribution in [2.24, 2.45) is 0 Å². The van der Waals surface area contributed by atoms with Crippen LogP contribution < -0.4 is 5.32 Å². The van der Waals surface area contributed by atoms with Crippen molar-refractivity contribution in [3.8, 4) is 0 Å². The summed E-state index contributed by atoms with van der Waals surface area (Å²) < 4.78 is 6.46. The summed E-state index contributed by atoms with van der Waals surface area (Å²) in [5.41, 5.74) is 1.65. The van der Waals surface area contributed by atoms with E-state index in [1.54, 1.807) is 0 Å². The van der Waals surface area contributed by atoms with Gasteiger partial charge in [-0.05, 0) is 51.0 Å². The Labute approximate surface area is 117 Å². The summed E-state index contributed by atoms with van der Waals surface area (Å²) in [6.45, 7) is 7.91. The van der Waals surface area contributed by atoms with Gasteiger partial charge in [0.15, 0.2) is 0 Å². The summed E-state index contributed by atoms with van der Waals surface area (Å²) in [7, 11) is 0. The molecule has 3 nitrogen and oxygen atoms in total. The maximum atomic E-state index is 11.8. The molecule has 0 radical (unpaired) electrons. The summed E-state index contributed by atoms with van der Waals surface area (Å²) in [4.78, 5) is 11.8. The lowest BCUT2D eigenvalue weighted by Crippen LogP contribution is -2.27. The first-order valence-corrected chi connectivity index (χ1v) is 6.83. The normalized spacial score (nSPS) is 11.4. The van der Waals surface area contributed by atoms with E-state index in [-0.39, 0.29) is 18.1 Å². The zero-order chi connectivity index (χ0) is 13.8. The summed E-state index contributed by atoms with van der Waals surface area (Å²) in [6.07, 6.45) is 0.870. The quantitative estimate of drug-likeness (QED) is 0.919. The maximum Gasteiger partial charge on any atom is 0.250 e. The Morgan fingerprint density at radius 3 is 2.61 bits per heavy atom. The lowest BCUT2D eigenvalue weighted by molar-refractivity contribution is -0.125. The highest BCUT2D eigenvalue weighted by molar-refractivity contribution is 9.10. The van der Waals surface area contributed by atoms with Gasteiger partial charge in [-0.15, -0.1) is 0 Å². The van der Waals surface area contributed by atoms with E-state index in [2.05, 4.69) is 28.2 Å². The molecule has 0 saturated carbocycles. The van der Waals surface area contributed by atoms with Crippen LogP contribution in [0.5, 0.6) is 0 Å². The smallest absolute Gasteiger partial charge is 0.250 e. The van der Waals surface area contributed by atoms with Crippen molar-refractivity contribution in [2.75, 3.05) is 11.9 Å². The minimum absolute atomic E-state index is 0.0721. The topological polar surface area (TPSA) is 38.3 Å². The minimum atomic E-state index is -0.301. The molecule has 0 aliphatic carbocycles. The molecular weight excluding hydrogens is 294 g/mol. The fourth-order valence-corrected chi connectivity index (χ4v) is 1.85. The molecule has 0 heterocycles. The van der Waals surface area contributed by atoms with Gasteiger partial charge in [0, 0.05) is 10.2 Å². The van der Waals surface area contributed by atoms with Crippen LogP contribution in [0.2, 0.25) is 0 Å². The zero-order valence-corrected chi connectivity index (χ0v) is 12.9. The standard InChI is InChI=1S/C14H20BrNO2/c1-5-10-8-11(15)6-7-12(10)16-13(17)9-18-14(2,3)4/h6-8H,5,9H2,1-4H3,(H,16,17). The second-order valence-corrected chi connectivity index (χ2v) is 6.02. The van der Waals surface area contributed by atoms with Crippen LogP contribution in [0.1, 0.15) is 33.3 Å². The monoisotopic (exact) mass is 313 g/mol. The van der Waals surface area contributed by atoms with E-state index in [0.717, 1.165) is 22.1 Å². The van der Waals surface area contributed by atoms with E-state index >= 15 is 0 Å². The Bertz CT molecular complexity index is 424. The molecule has 1 aromatic carbocycles. The molecule has 1 N–H and O–H groups in total. The molecule has 0 aromatic heterocycles. The van der Waals surface area contributed by atoms with E-state index in [1.807, 2.05) is 39.0 Å². The van der Waals surface area contributed by atoms with Gasteiger partial charge in [-0.25, -0.2) is 0 Å². The molecule has 0 bridgehead atoms. The predicted octanol–water partition coefficient (Wildman–Crippen LogP) is 3.77. The average Bonchev–Trinajstić information content (AvgIpc) is 2.28. The fourth-order valence-electron chi connectivity index (χ4n) is 1.45. The van der Waals surface area contributed by atoms with E-state index < -0.39 is 0 Å². The number of carbonyl (C=O) groups excluding carboxylic acids is 1. The summed E-state index contributed by atoms with van der Waals surface area (Å²) >= 11 is 3.42. The number of amides is 1. The molecule has 1 rings (SSSR count). The van der Waals surface area contributed by atoms with Crippen molar-refractivity contribution in [3.05, 3.63) is 28.2 Å². The van der Waals surface area contributed by atoms with Gasteiger partial charge in [-0.2, -0.15) is 0 Å². The molecule has 0 fully saturated rings. The Morgan fingerprint density at radius 2 is 2.06 bits per heavy atom. The molecule has 0 atom stereocenters. The van der Waals surface area contributed by atoms with Gasteiger partial charge in [0.25, 0.3) is 0 Å². The van der Waals surface area contributed by atoms with Crippen LogP contribution in [0.15, 0.2) is 22.7 Å². The Balaban J connectivity index is 2.64. The van der Waals surface area contributed by atoms with Crippen LogP contribution in [0.25, 0.3) is 0 Å². The second-order valence-electron chi connectivity index (χ2n) is 5.10. The third kappa shape index (κ3) is 5.19. The molecule has 0 aliphatic rings. The SMILES string of the molecule is CCc1cc(Br)ccc1NC(=O)COC(C)(C)C. The molecule has 100 valence electrons. The maximum absolute atomic E-state index is 11.8. The van der Waals surface area contributed by atoms with Crippen molar-refractivity contribution in [3.63, 3.8) is 0 Å². The molecule has 1 aromatic rings. The van der Waals surface area contributed by atoms with Gasteiger partial charge in [-0.1, -0.05) is 22.9 Å². The highest BCUT2D eigenvalue weighted by Gasteiger charge is 2.13. The van der Waals surface area contributed by atoms with Crippen molar-refractivity contribution >= 4 is 27.5 Å². The third-order valence-corrected chi connectivity index (χ3v) is 2.85. The highest BCUT2D eigenvalue weighted by Crippen LogP contribution is 2.21. The van der Waals surface area contributed by atoms with E-state index in [9.17, 15) is 4.79 Å². The number of aryl methyl sites for hydroxylation is 1. The van der Waals surface area contributed by atoms with Crippen LogP contribution >= 0.6 is 15.9 Å². The number of hydrogen-bond donors (Lipinski definition) is 1. The highest BCUT2D eigenvalue weighted by atomic mass is 79.9. The first-order valence-electron chi connectivity index (χ1n) is 6.04. The van der Waals surface area contributed by atoms with Crippen molar-refractivity contribution in [2.45, 2.75) is 39.7 Å². The number of carbonyl (C=O) groups is 1. The number of halogens is 1. The number of benzene rings is 1. The third-order valence-electron chi connectivity index (χ3n) is 2.36. The van der Waals surface area contributed by atoms with Gasteiger partial charge < -0.3 is 10.1 Å². The molecular formula is C14H20BrNO2. The lowest BCUT2D eigenvalue weighted by atomic mass is 10.1. The van der Waals surface area contributed by atoms with E-state index in [0.29, 0.717) is 0 Å². The van der Waals surface area contributed by atoms with Gasteiger partial charge in [0.2, 0.25) is 5.91 Å². The number of ether oxygens (including phenoxy) is 1. The Hall–Kier alpha value is -0.870. The molecule has 1 amide bonds. The van der Waals surface area contributed by atoms with E-state index in [1.165, 1.54) is 0 Å². The molecule has 4 heteroatoms. The van der Waals surface area contributed by atoms with Crippen molar-refractivity contribution in [1.82, 2.24) is 0 Å². The molecule has 0 unspecified atom stereocenters. The zero-order valence-electron chi connectivity index (χ0n) is 11.3. The van der Waals surface area contributed by atoms with Crippen LogP contribution in [-0.2, 0) is 16.0 Å². The first kappa shape index (κ1) is 15.2. The van der Waals surface area contributed by atoms with Crippen molar-refractivity contribution in [1.29, 1.82) is 0 Å². The number of anilines is 1. The van der Waals surface area contributed by atoms with Crippen LogP contribution in [0.3, 0.4) is 0 Å². The predicted molar refractivity (Wildman–Crippen MR) is 77.9 cm³/mol. The van der Waals surface area contributed by atoms with Crippen LogP contribution in [0, 0.1) is 0 Å². The van der Waals surface area contributed by atoms with Crippen LogP contribution in [0.4, 0.5) is 5.69 Å². The van der Waals surface area contributed by atoms with Crippen LogP contribution in [-0.4, -0.2) is 18.1 Å². The number of rotatable bonds is 4. The Kier molecular flexibility index (Phi) is 5.35. The number of hydrogen-bond acceptors (Lipinski definition) is 2. The van der Waals surface area contributed by atoms with Crippen molar-refractivity contribution < 1.29 is 9.53 Å². The summed E-state index contributed by atoms with van der Waals surface area (Å²) in [6, 6.07) is 5.83. The van der Waals surface area contributed by atoms with Gasteiger partial charge in [0.1, 0.15) is 6.61 Å². The van der Waals surface area contributed by atoms with Gasteiger partial charge >= 0.3 is 0 Å². The summed E-state index contributed by atoms with van der Waals surface area (Å²) in [5, 5.41) is 2.88. The first-order chi connectivity index (χ1) is 8.31. The van der Waals surface area contributed by atoms with Gasteiger partial charge in [-0.3, -0.25) is 4.79 Å². The minimum Gasteiger partial charge on any atom is -0.366 e. The molecule has 0 aliphatic heterocycles.